The second-order valence-corrected chi connectivity index (χ2v) is 4.82. The zero-order valence-electron chi connectivity index (χ0n) is 11.7. The molecule has 2 aromatic rings. The lowest BCUT2D eigenvalue weighted by atomic mass is 10.2. The van der Waals surface area contributed by atoms with E-state index in [1.54, 1.807) is 6.07 Å². The molecule has 1 aromatic heterocycles. The van der Waals surface area contributed by atoms with Gasteiger partial charge in [-0.15, -0.1) is 0 Å². The van der Waals surface area contributed by atoms with Crippen LogP contribution < -0.4 is 10.6 Å². The minimum atomic E-state index is -0.664. The molecule has 2 N–H and O–H groups in total. The number of halogens is 1. The lowest BCUT2D eigenvalue weighted by molar-refractivity contribution is -0.384. The number of benzene rings is 1. The Labute approximate surface area is 135 Å². The van der Waals surface area contributed by atoms with E-state index in [0.29, 0.717) is 0 Å². The molecule has 23 heavy (non-hydrogen) atoms. The largest absolute Gasteiger partial charge is 0.459 e. The molecule has 0 unspecified atom stereocenters. The van der Waals surface area contributed by atoms with E-state index in [0.717, 1.165) is 6.07 Å². The zero-order valence-corrected chi connectivity index (χ0v) is 12.5. The Hall–Kier alpha value is -2.87. The lowest BCUT2D eigenvalue weighted by Gasteiger charge is -2.06. The molecule has 0 spiro atoms. The average Bonchev–Trinajstić information content (AvgIpc) is 3.05. The third-order valence-corrected chi connectivity index (χ3v) is 3.17. The smallest absolute Gasteiger partial charge is 0.288 e. The predicted octanol–water partition coefficient (Wildman–Crippen LogP) is 2.00. The van der Waals surface area contributed by atoms with Crippen molar-refractivity contribution in [2.75, 3.05) is 13.1 Å². The maximum Gasteiger partial charge on any atom is 0.288 e. The summed E-state index contributed by atoms with van der Waals surface area (Å²) in [6.07, 6.45) is 1.38. The molecule has 1 heterocycles. The van der Waals surface area contributed by atoms with Crippen LogP contribution in [0.2, 0.25) is 5.02 Å². The van der Waals surface area contributed by atoms with Gasteiger partial charge in [-0.3, -0.25) is 19.7 Å². The summed E-state index contributed by atoms with van der Waals surface area (Å²) in [5.74, 6) is -0.729. The molecule has 8 nitrogen and oxygen atoms in total. The number of nitro groups is 1. The number of nitro benzene ring substituents is 1. The molecule has 2 rings (SSSR count). The Balaban J connectivity index is 1.84. The van der Waals surface area contributed by atoms with E-state index in [9.17, 15) is 19.7 Å². The molecule has 120 valence electrons. The Kier molecular flexibility index (Phi) is 5.32. The van der Waals surface area contributed by atoms with Crippen molar-refractivity contribution in [3.05, 3.63) is 63.1 Å². The van der Waals surface area contributed by atoms with Crippen LogP contribution in [-0.4, -0.2) is 29.8 Å². The van der Waals surface area contributed by atoms with Crippen molar-refractivity contribution in [1.82, 2.24) is 10.6 Å². The first-order valence-electron chi connectivity index (χ1n) is 6.53. The number of amides is 2. The first-order valence-corrected chi connectivity index (χ1v) is 6.90. The van der Waals surface area contributed by atoms with Crippen LogP contribution in [0, 0.1) is 10.1 Å². The van der Waals surface area contributed by atoms with Gasteiger partial charge in [0.05, 0.1) is 11.2 Å². The van der Waals surface area contributed by atoms with E-state index in [2.05, 4.69) is 10.6 Å². The van der Waals surface area contributed by atoms with E-state index in [1.807, 2.05) is 0 Å². The van der Waals surface area contributed by atoms with E-state index in [4.69, 9.17) is 16.0 Å². The second-order valence-electron chi connectivity index (χ2n) is 4.41. The Morgan fingerprint density at radius 2 is 1.87 bits per heavy atom. The summed E-state index contributed by atoms with van der Waals surface area (Å²) in [6, 6.07) is 6.86. The fourth-order valence-corrected chi connectivity index (χ4v) is 1.93. The van der Waals surface area contributed by atoms with Gasteiger partial charge in [-0.25, -0.2) is 0 Å². The summed E-state index contributed by atoms with van der Waals surface area (Å²) in [6.45, 7) is 0.336. The van der Waals surface area contributed by atoms with E-state index in [-0.39, 0.29) is 35.1 Å². The first-order chi connectivity index (χ1) is 11.0. The summed E-state index contributed by atoms with van der Waals surface area (Å²) < 4.78 is 4.91. The van der Waals surface area contributed by atoms with Crippen LogP contribution in [-0.2, 0) is 0 Å². The molecule has 1 aromatic carbocycles. The molecular weight excluding hydrogens is 326 g/mol. The highest BCUT2D eigenvalue weighted by Gasteiger charge is 2.16. The van der Waals surface area contributed by atoms with Gasteiger partial charge in [-0.1, -0.05) is 11.6 Å². The van der Waals surface area contributed by atoms with Gasteiger partial charge >= 0.3 is 0 Å². The monoisotopic (exact) mass is 337 g/mol. The van der Waals surface area contributed by atoms with Crippen LogP contribution in [0.4, 0.5) is 5.69 Å². The van der Waals surface area contributed by atoms with E-state index < -0.39 is 16.7 Å². The fourth-order valence-electron chi connectivity index (χ4n) is 1.74. The van der Waals surface area contributed by atoms with Gasteiger partial charge in [0, 0.05) is 24.7 Å². The number of hydrogen-bond donors (Lipinski definition) is 2. The maximum atomic E-state index is 11.9. The first kappa shape index (κ1) is 16.5. The van der Waals surface area contributed by atoms with Crippen molar-refractivity contribution in [3.8, 4) is 0 Å². The number of furan rings is 1. The van der Waals surface area contributed by atoms with Gasteiger partial charge in [-0.05, 0) is 24.3 Å². The van der Waals surface area contributed by atoms with Gasteiger partial charge in [0.2, 0.25) is 0 Å². The predicted molar refractivity (Wildman–Crippen MR) is 81.5 cm³/mol. The Morgan fingerprint density at radius 3 is 2.48 bits per heavy atom. The topological polar surface area (TPSA) is 114 Å². The fraction of sp³-hybridized carbons (Fsp3) is 0.143. The van der Waals surface area contributed by atoms with Gasteiger partial charge in [-0.2, -0.15) is 0 Å². The zero-order chi connectivity index (χ0) is 16.8. The summed E-state index contributed by atoms with van der Waals surface area (Å²) in [4.78, 5) is 33.6. The number of hydrogen-bond acceptors (Lipinski definition) is 5. The van der Waals surface area contributed by atoms with Gasteiger partial charge in [0.15, 0.2) is 5.76 Å². The molecule has 0 bridgehead atoms. The standard InChI is InChI=1S/C14H12ClN3O5/c15-10-4-3-9(8-11(10)18(21)22)13(19)16-5-6-17-14(20)12-2-1-7-23-12/h1-4,7-8H,5-6H2,(H,16,19)(H,17,20). The van der Waals surface area contributed by atoms with Crippen molar-refractivity contribution in [2.24, 2.45) is 0 Å². The van der Waals surface area contributed by atoms with Crippen LogP contribution in [0.3, 0.4) is 0 Å². The van der Waals surface area contributed by atoms with Crippen molar-refractivity contribution in [2.45, 2.75) is 0 Å². The van der Waals surface area contributed by atoms with Crippen molar-refractivity contribution in [1.29, 1.82) is 0 Å². The van der Waals surface area contributed by atoms with Crippen molar-refractivity contribution < 1.29 is 18.9 Å². The Morgan fingerprint density at radius 1 is 1.17 bits per heavy atom. The molecule has 2 amide bonds. The molecule has 0 atom stereocenters. The van der Waals surface area contributed by atoms with Crippen molar-refractivity contribution in [3.63, 3.8) is 0 Å². The maximum absolute atomic E-state index is 11.9. The quantitative estimate of drug-likeness (QED) is 0.475. The number of carbonyl (C=O) groups is 2. The lowest BCUT2D eigenvalue weighted by Crippen LogP contribution is -2.34. The molecule has 0 aliphatic carbocycles. The van der Waals surface area contributed by atoms with Gasteiger partial charge in [0.25, 0.3) is 17.5 Å². The molecule has 0 saturated heterocycles. The number of nitrogens with zero attached hydrogens (tertiary/aromatic N) is 1. The minimum Gasteiger partial charge on any atom is -0.459 e. The van der Waals surface area contributed by atoms with E-state index >= 15 is 0 Å². The summed E-state index contributed by atoms with van der Waals surface area (Å²) in [7, 11) is 0. The molecule has 0 radical (unpaired) electrons. The Bertz CT molecular complexity index is 730. The van der Waals surface area contributed by atoms with Crippen LogP contribution >= 0.6 is 11.6 Å². The highest BCUT2D eigenvalue weighted by molar-refractivity contribution is 6.32. The second kappa shape index (κ2) is 7.41. The third kappa shape index (κ3) is 4.30. The van der Waals surface area contributed by atoms with Crippen LogP contribution in [0.1, 0.15) is 20.9 Å². The molecule has 9 heteroatoms. The molecule has 0 aliphatic heterocycles. The summed E-state index contributed by atoms with van der Waals surface area (Å²) >= 11 is 5.68. The molecular formula is C14H12ClN3O5. The number of nitrogens with one attached hydrogen (secondary N) is 2. The minimum absolute atomic E-state index is 0.0442. The normalized spacial score (nSPS) is 10.1. The van der Waals surface area contributed by atoms with E-state index in [1.165, 1.54) is 24.5 Å². The molecule has 0 fully saturated rings. The van der Waals surface area contributed by atoms with Gasteiger partial charge < -0.3 is 15.1 Å². The molecule has 0 aliphatic rings. The third-order valence-electron chi connectivity index (χ3n) is 2.85. The number of rotatable bonds is 6. The summed E-state index contributed by atoms with van der Waals surface area (Å²) in [5.41, 5.74) is -0.233. The number of carbonyl (C=O) groups excluding carboxylic acids is 2. The summed E-state index contributed by atoms with van der Waals surface area (Å²) in [5, 5.41) is 15.8. The molecule has 0 saturated carbocycles. The average molecular weight is 338 g/mol. The SMILES string of the molecule is O=C(NCCNC(=O)c1ccco1)c1ccc(Cl)c([N+](=O)[O-])c1. The highest BCUT2D eigenvalue weighted by atomic mass is 35.5. The van der Waals surface area contributed by atoms with Crippen LogP contribution in [0.25, 0.3) is 0 Å². The van der Waals surface area contributed by atoms with Gasteiger partial charge in [0.1, 0.15) is 5.02 Å². The van der Waals surface area contributed by atoms with Crippen LogP contribution in [0.15, 0.2) is 41.0 Å². The van der Waals surface area contributed by atoms with Crippen molar-refractivity contribution >= 4 is 29.1 Å². The van der Waals surface area contributed by atoms with Crippen LogP contribution in [0.5, 0.6) is 0 Å². The highest BCUT2D eigenvalue weighted by Crippen LogP contribution is 2.24.